The zero-order valence-electron chi connectivity index (χ0n) is 9.00. The molecule has 0 N–H and O–H groups in total. The van der Waals surface area contributed by atoms with Gasteiger partial charge in [-0.1, -0.05) is 6.07 Å². The van der Waals surface area contributed by atoms with E-state index in [9.17, 15) is 0 Å². The summed E-state index contributed by atoms with van der Waals surface area (Å²) in [6.45, 7) is 4.06. The third kappa shape index (κ3) is 3.00. The Morgan fingerprint density at radius 2 is 1.93 bits per heavy atom. The molecule has 15 heavy (non-hydrogen) atoms. The molecule has 2 nitrogen and oxygen atoms in total. The van der Waals surface area contributed by atoms with Crippen molar-refractivity contribution in [1.82, 2.24) is 0 Å². The van der Waals surface area contributed by atoms with E-state index in [1.165, 1.54) is 12.8 Å². The number of ether oxygens (including phenoxy) is 2. The van der Waals surface area contributed by atoms with E-state index in [4.69, 9.17) is 9.47 Å². The van der Waals surface area contributed by atoms with Crippen molar-refractivity contribution in [2.75, 3.05) is 0 Å². The second-order valence-corrected chi connectivity index (χ2v) is 5.13. The van der Waals surface area contributed by atoms with Crippen LogP contribution in [0.5, 0.6) is 11.5 Å². The maximum atomic E-state index is 5.79. The molecule has 1 aromatic rings. The first-order chi connectivity index (χ1) is 7.16. The van der Waals surface area contributed by atoms with E-state index in [1.54, 1.807) is 0 Å². The Morgan fingerprint density at radius 1 is 1.27 bits per heavy atom. The van der Waals surface area contributed by atoms with Gasteiger partial charge in [0.1, 0.15) is 11.5 Å². The van der Waals surface area contributed by atoms with Gasteiger partial charge in [-0.15, -0.1) is 0 Å². The Kier molecular flexibility index (Phi) is 3.38. The molecule has 1 aliphatic rings. The first kappa shape index (κ1) is 11.0. The average Bonchev–Trinajstić information content (AvgIpc) is 2.95. The topological polar surface area (TPSA) is 18.5 Å². The predicted molar refractivity (Wildman–Crippen MR) is 68.6 cm³/mol. The summed E-state index contributed by atoms with van der Waals surface area (Å²) in [4.78, 5) is 0. The Hall–Kier alpha value is -0.450. The van der Waals surface area contributed by atoms with Crippen LogP contribution in [0, 0.1) is 3.57 Å². The van der Waals surface area contributed by atoms with E-state index >= 15 is 0 Å². The van der Waals surface area contributed by atoms with E-state index in [0.29, 0.717) is 6.10 Å². The van der Waals surface area contributed by atoms with Crippen molar-refractivity contribution in [1.29, 1.82) is 0 Å². The largest absolute Gasteiger partial charge is 0.490 e. The fourth-order valence-electron chi connectivity index (χ4n) is 1.29. The quantitative estimate of drug-likeness (QED) is 0.790. The maximum Gasteiger partial charge on any atom is 0.136 e. The molecule has 0 radical (unpaired) electrons. The molecule has 0 bridgehead atoms. The molecular formula is C12H15IO2. The second kappa shape index (κ2) is 4.60. The summed E-state index contributed by atoms with van der Waals surface area (Å²) < 4.78 is 12.6. The molecule has 0 spiro atoms. The summed E-state index contributed by atoms with van der Waals surface area (Å²) in [5.74, 6) is 1.88. The molecule has 82 valence electrons. The zero-order valence-corrected chi connectivity index (χ0v) is 11.2. The van der Waals surface area contributed by atoms with Gasteiger partial charge in [0.25, 0.3) is 0 Å². The number of hydrogen-bond acceptors (Lipinski definition) is 2. The van der Waals surface area contributed by atoms with Crippen molar-refractivity contribution < 1.29 is 9.47 Å². The fourth-order valence-corrected chi connectivity index (χ4v) is 1.91. The van der Waals surface area contributed by atoms with Crippen LogP contribution >= 0.6 is 22.6 Å². The lowest BCUT2D eigenvalue weighted by atomic mass is 10.3. The molecular weight excluding hydrogens is 303 g/mol. The van der Waals surface area contributed by atoms with Gasteiger partial charge in [0.05, 0.1) is 15.8 Å². The molecule has 0 aliphatic heterocycles. The van der Waals surface area contributed by atoms with E-state index in [2.05, 4.69) is 22.6 Å². The standard InChI is InChI=1S/C12H15IO2/c1-8(2)14-10-4-3-5-11(12(10)13)15-9-6-7-9/h3-5,8-9H,6-7H2,1-2H3. The van der Waals surface area contributed by atoms with Crippen LogP contribution in [0.1, 0.15) is 26.7 Å². The van der Waals surface area contributed by atoms with Crippen LogP contribution in [0.25, 0.3) is 0 Å². The minimum atomic E-state index is 0.203. The van der Waals surface area contributed by atoms with Gasteiger partial charge in [0, 0.05) is 0 Å². The lowest BCUT2D eigenvalue weighted by Crippen LogP contribution is -2.07. The monoisotopic (exact) mass is 318 g/mol. The highest BCUT2D eigenvalue weighted by Gasteiger charge is 2.24. The van der Waals surface area contributed by atoms with E-state index < -0.39 is 0 Å². The van der Waals surface area contributed by atoms with E-state index in [1.807, 2.05) is 32.0 Å². The smallest absolute Gasteiger partial charge is 0.136 e. The molecule has 0 amide bonds. The zero-order chi connectivity index (χ0) is 10.8. The molecule has 0 saturated heterocycles. The van der Waals surface area contributed by atoms with Crippen LogP contribution in [-0.4, -0.2) is 12.2 Å². The van der Waals surface area contributed by atoms with Gasteiger partial charge in [-0.25, -0.2) is 0 Å². The first-order valence-corrected chi connectivity index (χ1v) is 6.36. The molecule has 1 fully saturated rings. The molecule has 2 rings (SSSR count). The lowest BCUT2D eigenvalue weighted by molar-refractivity contribution is 0.237. The molecule has 0 heterocycles. The molecule has 0 unspecified atom stereocenters. The number of halogens is 1. The Bertz CT molecular complexity index is 323. The summed E-state index contributed by atoms with van der Waals surface area (Å²) >= 11 is 2.29. The third-order valence-corrected chi connectivity index (χ3v) is 3.17. The Balaban J connectivity index is 2.15. The second-order valence-electron chi connectivity index (χ2n) is 4.05. The summed E-state index contributed by atoms with van der Waals surface area (Å²) in [6, 6.07) is 5.98. The van der Waals surface area contributed by atoms with Crippen molar-refractivity contribution in [3.8, 4) is 11.5 Å². The molecule has 3 heteroatoms. The van der Waals surface area contributed by atoms with Gasteiger partial charge >= 0.3 is 0 Å². The van der Waals surface area contributed by atoms with Crippen molar-refractivity contribution in [2.45, 2.75) is 38.9 Å². The highest BCUT2D eigenvalue weighted by molar-refractivity contribution is 14.1. The fraction of sp³-hybridized carbons (Fsp3) is 0.500. The Labute approximate surface area is 104 Å². The number of benzene rings is 1. The summed E-state index contributed by atoms with van der Waals surface area (Å²) in [5.41, 5.74) is 0. The maximum absolute atomic E-state index is 5.79. The van der Waals surface area contributed by atoms with Gasteiger partial charge in [-0.3, -0.25) is 0 Å². The van der Waals surface area contributed by atoms with E-state index in [0.717, 1.165) is 15.1 Å². The van der Waals surface area contributed by atoms with Crippen LogP contribution in [0.3, 0.4) is 0 Å². The van der Waals surface area contributed by atoms with Crippen LogP contribution in [-0.2, 0) is 0 Å². The van der Waals surface area contributed by atoms with Crippen LogP contribution in [0.4, 0.5) is 0 Å². The van der Waals surface area contributed by atoms with Crippen LogP contribution in [0.2, 0.25) is 0 Å². The Morgan fingerprint density at radius 3 is 2.53 bits per heavy atom. The number of hydrogen-bond donors (Lipinski definition) is 0. The summed E-state index contributed by atoms with van der Waals surface area (Å²) in [7, 11) is 0. The van der Waals surface area contributed by atoms with Crippen LogP contribution < -0.4 is 9.47 Å². The molecule has 0 atom stereocenters. The van der Waals surface area contributed by atoms with Crippen molar-refractivity contribution in [2.24, 2.45) is 0 Å². The molecule has 1 saturated carbocycles. The minimum Gasteiger partial charge on any atom is -0.490 e. The van der Waals surface area contributed by atoms with Gasteiger partial charge in [0.2, 0.25) is 0 Å². The van der Waals surface area contributed by atoms with Crippen molar-refractivity contribution in [3.05, 3.63) is 21.8 Å². The van der Waals surface area contributed by atoms with Gasteiger partial charge in [-0.2, -0.15) is 0 Å². The minimum absolute atomic E-state index is 0.203. The summed E-state index contributed by atoms with van der Waals surface area (Å²) in [5, 5.41) is 0. The van der Waals surface area contributed by atoms with Gasteiger partial charge in [-0.05, 0) is 61.4 Å². The highest BCUT2D eigenvalue weighted by atomic mass is 127. The SMILES string of the molecule is CC(C)Oc1cccc(OC2CC2)c1I. The lowest BCUT2D eigenvalue weighted by Gasteiger charge is -2.14. The van der Waals surface area contributed by atoms with Crippen LogP contribution in [0.15, 0.2) is 18.2 Å². The molecule has 1 aromatic carbocycles. The third-order valence-electron chi connectivity index (χ3n) is 2.11. The van der Waals surface area contributed by atoms with Gasteiger partial charge < -0.3 is 9.47 Å². The number of rotatable bonds is 4. The van der Waals surface area contributed by atoms with E-state index in [-0.39, 0.29) is 6.10 Å². The normalized spacial score (nSPS) is 15.5. The van der Waals surface area contributed by atoms with Gasteiger partial charge in [0.15, 0.2) is 0 Å². The predicted octanol–water partition coefficient (Wildman–Crippen LogP) is 3.62. The average molecular weight is 318 g/mol. The van der Waals surface area contributed by atoms with Crippen molar-refractivity contribution in [3.63, 3.8) is 0 Å². The first-order valence-electron chi connectivity index (χ1n) is 5.28. The molecule has 0 aromatic heterocycles. The molecule has 1 aliphatic carbocycles. The van der Waals surface area contributed by atoms with Crippen molar-refractivity contribution >= 4 is 22.6 Å². The summed E-state index contributed by atoms with van der Waals surface area (Å²) in [6.07, 6.45) is 3.01. The highest BCUT2D eigenvalue weighted by Crippen LogP contribution is 2.34.